The summed E-state index contributed by atoms with van der Waals surface area (Å²) in [4.78, 5) is 94.7. The van der Waals surface area contributed by atoms with Crippen molar-refractivity contribution in [2.75, 3.05) is 26.2 Å². The highest BCUT2D eigenvalue weighted by molar-refractivity contribution is 5.95. The van der Waals surface area contributed by atoms with E-state index in [4.69, 9.17) is 5.73 Å². The van der Waals surface area contributed by atoms with Gasteiger partial charge >= 0.3 is 12.1 Å². The van der Waals surface area contributed by atoms with Crippen LogP contribution in [0.1, 0.15) is 71.8 Å². The van der Waals surface area contributed by atoms with Gasteiger partial charge in [-0.15, -0.1) is 0 Å². The van der Waals surface area contributed by atoms with Crippen molar-refractivity contribution in [1.82, 2.24) is 37.0 Å². The normalized spacial score (nSPS) is 16.3. The molecule has 5 atom stereocenters. The summed E-state index contributed by atoms with van der Waals surface area (Å²) in [5.74, 6) is -6.07. The first-order valence-corrected chi connectivity index (χ1v) is 18.1. The minimum atomic E-state index is -5.15. The Kier molecular flexibility index (Phi) is 18.8. The van der Waals surface area contributed by atoms with Crippen LogP contribution in [0.3, 0.4) is 0 Å². The number of likely N-dealkylation sites (tertiary alicyclic amines) is 1. The van der Waals surface area contributed by atoms with E-state index in [1.54, 1.807) is 19.1 Å². The highest BCUT2D eigenvalue weighted by Gasteiger charge is 2.41. The number of hydrogen-bond acceptors (Lipinski definition) is 11. The first-order valence-electron chi connectivity index (χ1n) is 18.1. The van der Waals surface area contributed by atoms with E-state index in [0.29, 0.717) is 24.8 Å². The number of nitrogens with two attached hydrogens (primary N) is 1. The van der Waals surface area contributed by atoms with E-state index < -0.39 is 84.3 Å². The molecular weight excluding hydrogens is 733 g/mol. The molecule has 9 N–H and O–H groups in total. The van der Waals surface area contributed by atoms with Crippen LogP contribution in [-0.2, 0) is 44.8 Å². The van der Waals surface area contributed by atoms with Gasteiger partial charge in [-0.1, -0.05) is 39.3 Å². The minimum absolute atomic E-state index is 0.0138. The smallest absolute Gasteiger partial charge is 0.492 e. The number of carbonyl (C=O) groups excluding carboxylic acids is 7. The van der Waals surface area contributed by atoms with Gasteiger partial charge in [-0.2, -0.15) is 18.7 Å². The van der Waals surface area contributed by atoms with Gasteiger partial charge in [0.1, 0.15) is 29.9 Å². The number of amides is 6. The number of phenols is 1. The molecule has 6 amide bonds. The van der Waals surface area contributed by atoms with Crippen LogP contribution >= 0.6 is 0 Å². The van der Waals surface area contributed by atoms with Crippen LogP contribution in [0.15, 0.2) is 24.3 Å². The van der Waals surface area contributed by atoms with E-state index in [9.17, 15) is 51.8 Å². The monoisotopic (exact) mass is 786 g/mol. The molecule has 0 bridgehead atoms. The summed E-state index contributed by atoms with van der Waals surface area (Å²) < 4.78 is 36.7. The molecule has 20 heteroatoms. The van der Waals surface area contributed by atoms with Crippen molar-refractivity contribution in [3.8, 4) is 5.75 Å². The number of nitrogens with one attached hydrogen (secondary N) is 6. The number of halogens is 3. The van der Waals surface area contributed by atoms with Gasteiger partial charge in [-0.3, -0.25) is 28.8 Å². The largest absolute Gasteiger partial charge is 0.508 e. The van der Waals surface area contributed by atoms with Gasteiger partial charge < -0.3 is 47.2 Å². The zero-order valence-electron chi connectivity index (χ0n) is 31.4. The summed E-state index contributed by atoms with van der Waals surface area (Å²) >= 11 is 0. The van der Waals surface area contributed by atoms with Crippen molar-refractivity contribution in [2.45, 2.75) is 109 Å². The Morgan fingerprint density at radius 3 is 2.16 bits per heavy atom. The van der Waals surface area contributed by atoms with Crippen molar-refractivity contribution in [3.05, 3.63) is 29.8 Å². The Labute approximate surface area is 317 Å². The maximum absolute atomic E-state index is 13.7. The fraction of sp³-hybridized carbons (Fsp3) is 0.629. The molecule has 1 aromatic rings. The molecule has 1 heterocycles. The SMILES string of the molecule is CCC[C@H](NC(=O)[C@H](Cc1ccc(O)cc1)NC(=O)[C@H](C)N)C(=O)NCC(=O)N[C@@H](CC(C)C)C(=O)N1CCC[C@H]1C(=O)NCCCNOC(=O)C(F)(F)F. The van der Waals surface area contributed by atoms with Crippen molar-refractivity contribution < 1.29 is 56.7 Å². The second-order valence-corrected chi connectivity index (χ2v) is 13.7. The Morgan fingerprint density at radius 1 is 0.909 bits per heavy atom. The van der Waals surface area contributed by atoms with Crippen molar-refractivity contribution in [1.29, 1.82) is 0 Å². The molecule has 0 saturated carbocycles. The molecule has 1 fully saturated rings. The third kappa shape index (κ3) is 16.1. The first kappa shape index (κ1) is 46.2. The zero-order chi connectivity index (χ0) is 41.3. The van der Waals surface area contributed by atoms with Gasteiger partial charge in [0.2, 0.25) is 35.4 Å². The number of rotatable bonds is 21. The maximum atomic E-state index is 13.7. The molecular formula is C35H53F3N8O9. The highest BCUT2D eigenvalue weighted by Crippen LogP contribution is 2.21. The molecule has 1 aliphatic heterocycles. The van der Waals surface area contributed by atoms with Crippen molar-refractivity contribution in [2.24, 2.45) is 11.7 Å². The summed E-state index contributed by atoms with van der Waals surface area (Å²) in [5.41, 5.74) is 8.18. The minimum Gasteiger partial charge on any atom is -0.508 e. The second kappa shape index (κ2) is 22.4. The van der Waals surface area contributed by atoms with Crippen LogP contribution in [0.2, 0.25) is 0 Å². The average Bonchev–Trinajstić information content (AvgIpc) is 3.61. The van der Waals surface area contributed by atoms with Crippen LogP contribution in [-0.4, -0.2) is 114 Å². The average molecular weight is 787 g/mol. The van der Waals surface area contributed by atoms with Crippen LogP contribution in [0.25, 0.3) is 0 Å². The Balaban J connectivity index is 1.99. The lowest BCUT2D eigenvalue weighted by atomic mass is 10.0. The Morgan fingerprint density at radius 2 is 1.56 bits per heavy atom. The van der Waals surface area contributed by atoms with Crippen LogP contribution in [0.4, 0.5) is 13.2 Å². The van der Waals surface area contributed by atoms with E-state index in [2.05, 4.69) is 31.4 Å². The highest BCUT2D eigenvalue weighted by atomic mass is 19.4. The fourth-order valence-electron chi connectivity index (χ4n) is 5.61. The number of phenolic OH excluding ortho intramolecular Hbond substituents is 1. The van der Waals surface area contributed by atoms with E-state index in [-0.39, 0.29) is 57.0 Å². The number of alkyl halides is 3. The van der Waals surface area contributed by atoms with Gasteiger partial charge in [-0.25, -0.2) is 4.79 Å². The van der Waals surface area contributed by atoms with E-state index in [0.717, 1.165) is 0 Å². The fourth-order valence-corrected chi connectivity index (χ4v) is 5.61. The molecule has 0 aliphatic carbocycles. The lowest BCUT2D eigenvalue weighted by Crippen LogP contribution is -2.57. The number of carbonyl (C=O) groups is 7. The molecule has 0 unspecified atom stereocenters. The van der Waals surface area contributed by atoms with Gasteiger partial charge in [-0.05, 0) is 62.6 Å². The molecule has 308 valence electrons. The third-order valence-electron chi connectivity index (χ3n) is 8.39. The predicted octanol–water partition coefficient (Wildman–Crippen LogP) is -0.194. The summed E-state index contributed by atoms with van der Waals surface area (Å²) in [6.45, 7) is 6.46. The molecule has 1 aliphatic rings. The number of hydrogen-bond donors (Lipinski definition) is 8. The van der Waals surface area contributed by atoms with Crippen molar-refractivity contribution in [3.63, 3.8) is 0 Å². The number of nitrogens with zero attached hydrogens (tertiary/aromatic N) is 1. The van der Waals surface area contributed by atoms with Gasteiger partial charge in [0, 0.05) is 26.1 Å². The Bertz CT molecular complexity index is 1480. The predicted molar refractivity (Wildman–Crippen MR) is 191 cm³/mol. The maximum Gasteiger partial charge on any atom is 0.492 e. The number of hydroxylamine groups is 1. The molecule has 1 aromatic carbocycles. The van der Waals surface area contributed by atoms with Crippen LogP contribution in [0, 0.1) is 5.92 Å². The topological polar surface area (TPSA) is 250 Å². The van der Waals surface area contributed by atoms with Crippen LogP contribution < -0.4 is 37.8 Å². The third-order valence-corrected chi connectivity index (χ3v) is 8.39. The van der Waals surface area contributed by atoms with Gasteiger partial charge in [0.15, 0.2) is 0 Å². The number of benzene rings is 1. The van der Waals surface area contributed by atoms with Crippen LogP contribution in [0.5, 0.6) is 5.75 Å². The first-order chi connectivity index (χ1) is 25.8. The quantitative estimate of drug-likeness (QED) is 0.0599. The molecule has 0 aromatic heterocycles. The summed E-state index contributed by atoms with van der Waals surface area (Å²) in [5, 5.41) is 22.6. The number of aromatic hydroxyl groups is 1. The van der Waals surface area contributed by atoms with E-state index in [1.807, 2.05) is 19.3 Å². The second-order valence-electron chi connectivity index (χ2n) is 13.7. The van der Waals surface area contributed by atoms with E-state index in [1.165, 1.54) is 24.0 Å². The summed E-state index contributed by atoms with van der Waals surface area (Å²) in [6, 6.07) is 1.01. The molecule has 17 nitrogen and oxygen atoms in total. The molecule has 0 radical (unpaired) electrons. The standard InChI is InChI=1S/C35H53F3N8O9/c1-5-8-24(44-31(51)25(45-29(49)21(4)39)18-22-10-12-23(47)13-11-22)30(50)41-19-28(48)43-26(17-20(2)3)33(53)46-16-6-9-27(46)32(52)40-14-7-15-42-55-34(54)35(36,37)38/h10-13,20-21,24-27,42,47H,5-9,14-19,39H2,1-4H3,(H,40,52)(H,41,50)(H,43,48)(H,44,51)(H,45,49)/t21-,24-,25-,26-,27-/m0/s1. The molecule has 55 heavy (non-hydrogen) atoms. The van der Waals surface area contributed by atoms with Gasteiger partial charge in [0.25, 0.3) is 0 Å². The lowest BCUT2D eigenvalue weighted by molar-refractivity contribution is -0.206. The Hall–Kier alpha value is -4.98. The van der Waals surface area contributed by atoms with Gasteiger partial charge in [0.05, 0.1) is 12.6 Å². The molecule has 2 rings (SSSR count). The van der Waals surface area contributed by atoms with E-state index >= 15 is 0 Å². The summed E-state index contributed by atoms with van der Waals surface area (Å²) in [6.07, 6.45) is -3.27. The molecule has 1 saturated heterocycles. The summed E-state index contributed by atoms with van der Waals surface area (Å²) in [7, 11) is 0. The zero-order valence-corrected chi connectivity index (χ0v) is 31.4. The lowest BCUT2D eigenvalue weighted by Gasteiger charge is -2.29. The molecule has 0 spiro atoms. The van der Waals surface area contributed by atoms with Crippen molar-refractivity contribution >= 4 is 41.4 Å².